The highest BCUT2D eigenvalue weighted by atomic mass is 15.2. The van der Waals surface area contributed by atoms with E-state index >= 15 is 0 Å². The zero-order valence-corrected chi connectivity index (χ0v) is 13.3. The van der Waals surface area contributed by atoms with E-state index in [0.717, 1.165) is 30.5 Å². The Balaban J connectivity index is 1.87. The molecule has 0 spiro atoms. The number of likely N-dealkylation sites (tertiary alicyclic amines) is 1. The Bertz CT molecular complexity index is 246. The van der Waals surface area contributed by atoms with Crippen molar-refractivity contribution >= 4 is 0 Å². The van der Waals surface area contributed by atoms with Crippen LogP contribution in [0.3, 0.4) is 0 Å². The molecule has 1 saturated carbocycles. The lowest BCUT2D eigenvalue weighted by molar-refractivity contribution is 0.0670. The standard InChI is InChI=1S/C17H34N2/c1-4-6-15-9-11-19(12-10-15)17-13-14(3)7-8-16(17)18-5-2/h14-18H,4-13H2,1-3H3. The molecule has 1 aliphatic heterocycles. The number of piperidine rings is 1. The van der Waals surface area contributed by atoms with Gasteiger partial charge in [-0.25, -0.2) is 0 Å². The molecule has 2 fully saturated rings. The lowest BCUT2D eigenvalue weighted by Gasteiger charge is -2.45. The molecule has 0 aromatic rings. The molecule has 2 aliphatic rings. The molecule has 3 atom stereocenters. The Kier molecular flexibility index (Phi) is 6.15. The summed E-state index contributed by atoms with van der Waals surface area (Å²) in [6.07, 6.45) is 9.91. The SMILES string of the molecule is CCCC1CCN(C2CC(C)CCC2NCC)CC1. The van der Waals surface area contributed by atoms with Gasteiger partial charge in [0.05, 0.1) is 0 Å². The smallest absolute Gasteiger partial charge is 0.0251 e. The van der Waals surface area contributed by atoms with Crippen molar-refractivity contribution in [3.63, 3.8) is 0 Å². The molecule has 3 unspecified atom stereocenters. The van der Waals surface area contributed by atoms with Crippen LogP contribution in [-0.2, 0) is 0 Å². The van der Waals surface area contributed by atoms with E-state index in [1.807, 2.05) is 0 Å². The summed E-state index contributed by atoms with van der Waals surface area (Å²) in [6.45, 7) is 10.9. The fourth-order valence-electron chi connectivity index (χ4n) is 4.24. The third kappa shape index (κ3) is 4.19. The monoisotopic (exact) mass is 266 g/mol. The Labute approximate surface area is 120 Å². The second-order valence-electron chi connectivity index (χ2n) is 6.92. The minimum atomic E-state index is 0.754. The van der Waals surface area contributed by atoms with Gasteiger partial charge < -0.3 is 5.32 Å². The van der Waals surface area contributed by atoms with E-state index in [1.54, 1.807) is 0 Å². The quantitative estimate of drug-likeness (QED) is 0.817. The van der Waals surface area contributed by atoms with Crippen molar-refractivity contribution in [3.05, 3.63) is 0 Å². The van der Waals surface area contributed by atoms with Crippen molar-refractivity contribution in [2.45, 2.75) is 77.8 Å². The molecule has 0 radical (unpaired) electrons. The van der Waals surface area contributed by atoms with Crippen molar-refractivity contribution in [3.8, 4) is 0 Å². The first-order chi connectivity index (χ1) is 9.24. The van der Waals surface area contributed by atoms with E-state index in [1.165, 1.54) is 58.0 Å². The number of rotatable bonds is 5. The van der Waals surface area contributed by atoms with Crippen LogP contribution in [0, 0.1) is 11.8 Å². The Morgan fingerprint density at radius 3 is 2.42 bits per heavy atom. The van der Waals surface area contributed by atoms with Crippen LogP contribution in [0.25, 0.3) is 0 Å². The van der Waals surface area contributed by atoms with Crippen LogP contribution in [0.4, 0.5) is 0 Å². The summed E-state index contributed by atoms with van der Waals surface area (Å²) < 4.78 is 0. The van der Waals surface area contributed by atoms with E-state index in [2.05, 4.69) is 31.0 Å². The summed E-state index contributed by atoms with van der Waals surface area (Å²) in [5.74, 6) is 1.94. The van der Waals surface area contributed by atoms with Crippen LogP contribution in [0.15, 0.2) is 0 Å². The van der Waals surface area contributed by atoms with Gasteiger partial charge in [0.15, 0.2) is 0 Å². The molecular weight excluding hydrogens is 232 g/mol. The Hall–Kier alpha value is -0.0800. The average Bonchev–Trinajstić information content (AvgIpc) is 2.42. The second-order valence-corrected chi connectivity index (χ2v) is 6.92. The predicted molar refractivity (Wildman–Crippen MR) is 83.5 cm³/mol. The van der Waals surface area contributed by atoms with Gasteiger partial charge in [0.2, 0.25) is 0 Å². The molecule has 1 N–H and O–H groups in total. The van der Waals surface area contributed by atoms with Gasteiger partial charge in [0.1, 0.15) is 0 Å². The summed E-state index contributed by atoms with van der Waals surface area (Å²) in [6, 6.07) is 1.57. The highest BCUT2D eigenvalue weighted by molar-refractivity contribution is 4.91. The number of nitrogens with one attached hydrogen (secondary N) is 1. The van der Waals surface area contributed by atoms with Crippen molar-refractivity contribution in [1.29, 1.82) is 0 Å². The Morgan fingerprint density at radius 2 is 1.79 bits per heavy atom. The molecule has 0 amide bonds. The fraction of sp³-hybridized carbons (Fsp3) is 1.00. The third-order valence-electron chi connectivity index (χ3n) is 5.36. The molecule has 2 heteroatoms. The number of likely N-dealkylation sites (N-methyl/N-ethyl adjacent to an activating group) is 1. The Morgan fingerprint density at radius 1 is 1.05 bits per heavy atom. The lowest BCUT2D eigenvalue weighted by atomic mass is 9.81. The fourth-order valence-corrected chi connectivity index (χ4v) is 4.24. The van der Waals surface area contributed by atoms with Crippen LogP contribution >= 0.6 is 0 Å². The van der Waals surface area contributed by atoms with E-state index in [4.69, 9.17) is 0 Å². The minimum Gasteiger partial charge on any atom is -0.313 e. The third-order valence-corrected chi connectivity index (χ3v) is 5.36. The maximum atomic E-state index is 3.75. The molecule has 1 heterocycles. The van der Waals surface area contributed by atoms with E-state index < -0.39 is 0 Å². The van der Waals surface area contributed by atoms with Gasteiger partial charge in [0, 0.05) is 12.1 Å². The minimum absolute atomic E-state index is 0.754. The molecule has 112 valence electrons. The number of nitrogens with zero attached hydrogens (tertiary/aromatic N) is 1. The van der Waals surface area contributed by atoms with Crippen molar-refractivity contribution in [2.24, 2.45) is 11.8 Å². The molecule has 1 aliphatic carbocycles. The second kappa shape index (κ2) is 7.64. The molecular formula is C17H34N2. The summed E-state index contributed by atoms with van der Waals surface area (Å²) in [5.41, 5.74) is 0. The van der Waals surface area contributed by atoms with Gasteiger partial charge in [-0.1, -0.05) is 33.6 Å². The van der Waals surface area contributed by atoms with Gasteiger partial charge in [-0.15, -0.1) is 0 Å². The first-order valence-electron chi connectivity index (χ1n) is 8.72. The van der Waals surface area contributed by atoms with Gasteiger partial charge in [-0.3, -0.25) is 4.90 Å². The topological polar surface area (TPSA) is 15.3 Å². The zero-order chi connectivity index (χ0) is 13.7. The molecule has 1 saturated heterocycles. The maximum absolute atomic E-state index is 3.75. The zero-order valence-electron chi connectivity index (χ0n) is 13.3. The molecule has 0 bridgehead atoms. The molecule has 0 aromatic carbocycles. The largest absolute Gasteiger partial charge is 0.313 e. The van der Waals surface area contributed by atoms with E-state index in [9.17, 15) is 0 Å². The molecule has 0 aromatic heterocycles. The summed E-state index contributed by atoms with van der Waals surface area (Å²) in [5, 5.41) is 3.75. The van der Waals surface area contributed by atoms with E-state index in [-0.39, 0.29) is 0 Å². The molecule has 2 nitrogen and oxygen atoms in total. The van der Waals surface area contributed by atoms with E-state index in [0.29, 0.717) is 0 Å². The predicted octanol–water partition coefficient (Wildman–Crippen LogP) is 3.67. The highest BCUT2D eigenvalue weighted by Gasteiger charge is 2.34. The van der Waals surface area contributed by atoms with Crippen LogP contribution in [0.1, 0.15) is 65.7 Å². The van der Waals surface area contributed by atoms with Crippen molar-refractivity contribution < 1.29 is 0 Å². The summed E-state index contributed by atoms with van der Waals surface area (Å²) in [4.78, 5) is 2.81. The molecule has 19 heavy (non-hydrogen) atoms. The van der Waals surface area contributed by atoms with Crippen LogP contribution < -0.4 is 5.32 Å². The summed E-state index contributed by atoms with van der Waals surface area (Å²) in [7, 11) is 0. The lowest BCUT2D eigenvalue weighted by Crippen LogP contribution is -2.54. The maximum Gasteiger partial charge on any atom is 0.0251 e. The van der Waals surface area contributed by atoms with Gasteiger partial charge >= 0.3 is 0 Å². The normalized spacial score (nSPS) is 34.6. The van der Waals surface area contributed by atoms with Gasteiger partial charge in [-0.2, -0.15) is 0 Å². The first kappa shape index (κ1) is 15.3. The number of hydrogen-bond acceptors (Lipinski definition) is 2. The van der Waals surface area contributed by atoms with Crippen LogP contribution in [-0.4, -0.2) is 36.6 Å². The summed E-state index contributed by atoms with van der Waals surface area (Å²) >= 11 is 0. The van der Waals surface area contributed by atoms with Crippen molar-refractivity contribution in [2.75, 3.05) is 19.6 Å². The van der Waals surface area contributed by atoms with Gasteiger partial charge in [0.25, 0.3) is 0 Å². The number of hydrogen-bond donors (Lipinski definition) is 1. The molecule has 2 rings (SSSR count). The first-order valence-corrected chi connectivity index (χ1v) is 8.72. The average molecular weight is 266 g/mol. The van der Waals surface area contributed by atoms with Crippen molar-refractivity contribution in [1.82, 2.24) is 10.2 Å². The van der Waals surface area contributed by atoms with Crippen LogP contribution in [0.2, 0.25) is 0 Å². The van der Waals surface area contributed by atoms with Gasteiger partial charge in [-0.05, 0) is 63.6 Å². The highest BCUT2D eigenvalue weighted by Crippen LogP contribution is 2.31. The van der Waals surface area contributed by atoms with Crippen LogP contribution in [0.5, 0.6) is 0 Å².